The highest BCUT2D eigenvalue weighted by atomic mass is 32.2. The van der Waals surface area contributed by atoms with Crippen molar-refractivity contribution in [1.82, 2.24) is 4.31 Å². The molecule has 3 aromatic carbocycles. The number of ether oxygens (including phenoxy) is 2. The van der Waals surface area contributed by atoms with Crippen molar-refractivity contribution in [2.75, 3.05) is 11.6 Å². The van der Waals surface area contributed by atoms with Gasteiger partial charge in [0, 0.05) is 11.3 Å². The average Bonchev–Trinajstić information content (AvgIpc) is 3.44. The second-order valence-electron chi connectivity index (χ2n) is 9.73. The second kappa shape index (κ2) is 6.92. The van der Waals surface area contributed by atoms with E-state index in [1.807, 2.05) is 67.6 Å². The smallest absolute Gasteiger partial charge is 0.247 e. The number of anilines is 1. The van der Waals surface area contributed by atoms with Crippen LogP contribution < -0.4 is 4.90 Å². The Morgan fingerprint density at radius 2 is 1.62 bits per heavy atom. The van der Waals surface area contributed by atoms with Crippen molar-refractivity contribution in [2.45, 2.75) is 54.7 Å². The molecule has 0 bridgehead atoms. The van der Waals surface area contributed by atoms with Gasteiger partial charge in [0.05, 0.1) is 4.90 Å². The summed E-state index contributed by atoms with van der Waals surface area (Å²) in [6.45, 7) is 2.30. The van der Waals surface area contributed by atoms with E-state index in [2.05, 4.69) is 11.0 Å². The molecule has 2 saturated heterocycles. The second-order valence-corrected chi connectivity index (χ2v) is 11.5. The maximum atomic E-state index is 14.6. The lowest BCUT2D eigenvalue weighted by atomic mass is 9.69. The molecule has 3 aliphatic heterocycles. The predicted molar refractivity (Wildman–Crippen MR) is 127 cm³/mol. The van der Waals surface area contributed by atoms with Crippen LogP contribution in [0.15, 0.2) is 83.8 Å². The topological polar surface area (TPSA) is 59.1 Å². The fraction of sp³-hybridized carbons (Fsp3) is 0.333. The van der Waals surface area contributed by atoms with E-state index < -0.39 is 33.6 Å². The van der Waals surface area contributed by atoms with Gasteiger partial charge in [-0.15, -0.1) is 4.31 Å². The van der Waals surface area contributed by atoms with Crippen molar-refractivity contribution in [3.05, 3.63) is 95.6 Å². The third-order valence-corrected chi connectivity index (χ3v) is 9.92. The number of fused-ring (bicyclic) bond motifs is 3. The summed E-state index contributed by atoms with van der Waals surface area (Å²) in [6.07, 6.45) is 1.41. The number of sulfonamides is 1. The van der Waals surface area contributed by atoms with Crippen LogP contribution in [0.25, 0.3) is 0 Å². The van der Waals surface area contributed by atoms with Gasteiger partial charge in [0.25, 0.3) is 0 Å². The Balaban J connectivity index is 1.51. The monoisotopic (exact) mass is 474 g/mol. The van der Waals surface area contributed by atoms with Crippen molar-refractivity contribution in [1.29, 1.82) is 0 Å². The summed E-state index contributed by atoms with van der Waals surface area (Å²) in [7, 11) is -3.95. The van der Waals surface area contributed by atoms with Gasteiger partial charge in [-0.2, -0.15) is 0 Å². The van der Waals surface area contributed by atoms with Crippen LogP contribution in [0.1, 0.15) is 48.3 Å². The molecule has 3 heterocycles. The Bertz CT molecular complexity index is 1370. The molecule has 7 rings (SSSR count). The van der Waals surface area contributed by atoms with Gasteiger partial charge in [-0.3, -0.25) is 0 Å². The number of benzene rings is 3. The Morgan fingerprint density at radius 1 is 0.912 bits per heavy atom. The summed E-state index contributed by atoms with van der Waals surface area (Å²) in [5.74, 6) is 0. The van der Waals surface area contributed by atoms with Crippen LogP contribution in [-0.4, -0.2) is 30.7 Å². The Labute approximate surface area is 199 Å². The summed E-state index contributed by atoms with van der Waals surface area (Å²) in [5.41, 5.74) is 2.27. The Morgan fingerprint density at radius 3 is 2.32 bits per heavy atom. The first-order valence-electron chi connectivity index (χ1n) is 11.8. The lowest BCUT2D eigenvalue weighted by molar-refractivity contribution is -0.122. The predicted octanol–water partition coefficient (Wildman–Crippen LogP) is 4.88. The molecule has 34 heavy (non-hydrogen) atoms. The average molecular weight is 475 g/mol. The molecule has 0 aromatic heterocycles. The summed E-state index contributed by atoms with van der Waals surface area (Å²) in [5, 5.41) is 0. The van der Waals surface area contributed by atoms with E-state index >= 15 is 0 Å². The van der Waals surface area contributed by atoms with Crippen LogP contribution in [0.2, 0.25) is 0 Å². The van der Waals surface area contributed by atoms with Crippen molar-refractivity contribution in [3.63, 3.8) is 0 Å². The molecule has 6 nitrogen and oxygen atoms in total. The van der Waals surface area contributed by atoms with Gasteiger partial charge in [0.15, 0.2) is 11.9 Å². The number of nitrogens with zero attached hydrogens (tertiary/aromatic N) is 2. The van der Waals surface area contributed by atoms with E-state index in [1.54, 1.807) is 16.4 Å². The lowest BCUT2D eigenvalue weighted by Crippen LogP contribution is -2.69. The minimum Gasteiger partial charge on any atom is -0.351 e. The zero-order valence-electron chi connectivity index (χ0n) is 18.9. The van der Waals surface area contributed by atoms with Gasteiger partial charge in [-0.25, -0.2) is 8.42 Å². The zero-order chi connectivity index (χ0) is 23.1. The molecule has 4 aliphatic rings. The fourth-order valence-electron chi connectivity index (χ4n) is 6.39. The third kappa shape index (κ3) is 2.38. The first kappa shape index (κ1) is 20.6. The molecule has 3 aromatic rings. The fourth-order valence-corrected chi connectivity index (χ4v) is 8.24. The van der Waals surface area contributed by atoms with Crippen LogP contribution in [0.4, 0.5) is 5.69 Å². The zero-order valence-corrected chi connectivity index (χ0v) is 19.7. The van der Waals surface area contributed by atoms with Crippen molar-refractivity contribution in [2.24, 2.45) is 0 Å². The number of hydrogen-bond acceptors (Lipinski definition) is 5. The van der Waals surface area contributed by atoms with Crippen molar-refractivity contribution in [3.8, 4) is 0 Å². The maximum Gasteiger partial charge on any atom is 0.247 e. The highest BCUT2D eigenvalue weighted by molar-refractivity contribution is 7.89. The Kier molecular flexibility index (Phi) is 4.20. The van der Waals surface area contributed by atoms with Gasteiger partial charge in [0.2, 0.25) is 10.0 Å². The molecule has 0 N–H and O–H groups in total. The van der Waals surface area contributed by atoms with Gasteiger partial charge in [-0.05, 0) is 49.9 Å². The minimum atomic E-state index is -3.95. The standard InChI is InChI=1S/C27H26N2O4S/c1-19-12-14-21(15-13-19)34(30,31)29-25(20-8-3-2-4-9-20)33-24-22-10-5-6-11-23(22)28-18-32-26(16-7-17-26)27(24,28)29/h2-6,8-15,24-25H,7,16-18H2,1H3/t24-,25-,27+/m0/s1. The molecule has 2 spiro atoms. The molecule has 174 valence electrons. The molecule has 0 amide bonds. The van der Waals surface area contributed by atoms with E-state index in [9.17, 15) is 8.42 Å². The lowest BCUT2D eigenvalue weighted by Gasteiger charge is -2.52. The number of rotatable bonds is 3. The molecular formula is C27H26N2O4S. The van der Waals surface area contributed by atoms with Gasteiger partial charge < -0.3 is 14.4 Å². The van der Waals surface area contributed by atoms with Crippen LogP contribution in [0.3, 0.4) is 0 Å². The van der Waals surface area contributed by atoms with Crippen molar-refractivity contribution < 1.29 is 17.9 Å². The molecular weight excluding hydrogens is 448 g/mol. The van der Waals surface area contributed by atoms with Crippen LogP contribution in [0.5, 0.6) is 0 Å². The third-order valence-electron chi connectivity index (χ3n) is 8.07. The number of aryl methyl sites for hydroxylation is 1. The van der Waals surface area contributed by atoms with Crippen LogP contribution in [-0.2, 0) is 19.5 Å². The molecule has 7 heteroatoms. The van der Waals surface area contributed by atoms with Gasteiger partial charge in [0.1, 0.15) is 18.4 Å². The highest BCUT2D eigenvalue weighted by Gasteiger charge is 2.79. The SMILES string of the molecule is Cc1ccc(S(=O)(=O)N2[C@H](c3ccccc3)O[C@H]3c4ccccc4N4COC5(CCC5)[C@]342)cc1. The molecule has 1 saturated carbocycles. The van der Waals surface area contributed by atoms with Crippen molar-refractivity contribution >= 4 is 15.7 Å². The molecule has 0 radical (unpaired) electrons. The number of hydrogen-bond donors (Lipinski definition) is 0. The molecule has 3 atom stereocenters. The normalized spacial score (nSPS) is 29.0. The summed E-state index contributed by atoms with van der Waals surface area (Å²) < 4.78 is 44.1. The summed E-state index contributed by atoms with van der Waals surface area (Å²) >= 11 is 0. The summed E-state index contributed by atoms with van der Waals surface area (Å²) in [4.78, 5) is 2.43. The van der Waals surface area contributed by atoms with E-state index in [4.69, 9.17) is 9.47 Å². The van der Waals surface area contributed by atoms with E-state index in [-0.39, 0.29) is 4.90 Å². The minimum absolute atomic E-state index is 0.273. The molecule has 3 fully saturated rings. The summed E-state index contributed by atoms with van der Waals surface area (Å²) in [6, 6.07) is 24.9. The van der Waals surface area contributed by atoms with Gasteiger partial charge in [-0.1, -0.05) is 66.2 Å². The first-order valence-corrected chi connectivity index (χ1v) is 13.3. The van der Waals surface area contributed by atoms with Crippen LogP contribution in [0, 0.1) is 6.92 Å². The van der Waals surface area contributed by atoms with Crippen LogP contribution >= 0.6 is 0 Å². The van der Waals surface area contributed by atoms with E-state index in [0.29, 0.717) is 6.73 Å². The highest BCUT2D eigenvalue weighted by Crippen LogP contribution is 2.69. The van der Waals surface area contributed by atoms with Gasteiger partial charge >= 0.3 is 0 Å². The molecule has 0 unspecified atom stereocenters. The quantitative estimate of drug-likeness (QED) is 0.541. The largest absolute Gasteiger partial charge is 0.351 e. The first-order chi connectivity index (χ1) is 16.5. The van der Waals surface area contributed by atoms with E-state index in [1.165, 1.54) is 0 Å². The molecule has 1 aliphatic carbocycles. The maximum absolute atomic E-state index is 14.6. The Hall–Kier alpha value is -2.71. The number of para-hydroxylation sites is 1. The van der Waals surface area contributed by atoms with E-state index in [0.717, 1.165) is 41.6 Å².